The summed E-state index contributed by atoms with van der Waals surface area (Å²) in [6.45, 7) is 0. The first-order valence-corrected chi connectivity index (χ1v) is 3.64. The van der Waals surface area contributed by atoms with E-state index < -0.39 is 0 Å². The standard InChI is InChI=1S/C4H3Cl3N4/c5-1-2(9-8)4(7)11-10-3(1)6/h8H2,(H,9,10). The topological polar surface area (TPSA) is 63.8 Å². The van der Waals surface area contributed by atoms with Gasteiger partial charge in [-0.15, -0.1) is 10.2 Å². The van der Waals surface area contributed by atoms with Gasteiger partial charge in [-0.3, -0.25) is 5.84 Å². The molecule has 1 heterocycles. The van der Waals surface area contributed by atoms with Crippen LogP contribution in [0.25, 0.3) is 0 Å². The van der Waals surface area contributed by atoms with Gasteiger partial charge in [0.2, 0.25) is 0 Å². The van der Waals surface area contributed by atoms with Crippen molar-refractivity contribution in [3.8, 4) is 0 Å². The molecule has 1 aromatic rings. The molecule has 0 unspecified atom stereocenters. The van der Waals surface area contributed by atoms with Crippen LogP contribution in [0.15, 0.2) is 0 Å². The van der Waals surface area contributed by atoms with Crippen molar-refractivity contribution in [1.82, 2.24) is 10.2 Å². The third-order valence-corrected chi connectivity index (χ3v) is 1.97. The third kappa shape index (κ3) is 1.65. The summed E-state index contributed by atoms with van der Waals surface area (Å²) in [4.78, 5) is 0. The minimum atomic E-state index is 0.0593. The number of nitrogens with two attached hydrogens (primary N) is 1. The average Bonchev–Trinajstić information content (AvgIpc) is 1.99. The number of hydrogen-bond donors (Lipinski definition) is 2. The molecule has 3 N–H and O–H groups in total. The fraction of sp³-hybridized carbons (Fsp3) is 0. The fourth-order valence-electron chi connectivity index (χ4n) is 0.498. The molecule has 0 saturated heterocycles. The van der Waals surface area contributed by atoms with Crippen molar-refractivity contribution >= 4 is 40.5 Å². The number of nitrogens with zero attached hydrogens (tertiary/aromatic N) is 2. The van der Waals surface area contributed by atoms with Gasteiger partial charge < -0.3 is 5.43 Å². The van der Waals surface area contributed by atoms with Gasteiger partial charge in [0.25, 0.3) is 0 Å². The Hall–Kier alpha value is -0.290. The second-order valence-corrected chi connectivity index (χ2v) is 2.71. The van der Waals surface area contributed by atoms with Gasteiger partial charge in [0.15, 0.2) is 10.3 Å². The van der Waals surface area contributed by atoms with E-state index in [-0.39, 0.29) is 21.0 Å². The molecule has 0 bridgehead atoms. The van der Waals surface area contributed by atoms with Crippen LogP contribution in [0.3, 0.4) is 0 Å². The number of anilines is 1. The summed E-state index contributed by atoms with van der Waals surface area (Å²) in [6.07, 6.45) is 0. The Bertz CT molecular complexity index is 276. The SMILES string of the molecule is NNc1c(Cl)nnc(Cl)c1Cl. The molecule has 0 radical (unpaired) electrons. The van der Waals surface area contributed by atoms with Crippen LogP contribution in [-0.2, 0) is 0 Å². The molecule has 7 heteroatoms. The summed E-state index contributed by atoms with van der Waals surface area (Å²) < 4.78 is 0. The zero-order valence-corrected chi connectivity index (χ0v) is 7.37. The van der Waals surface area contributed by atoms with Crippen molar-refractivity contribution in [2.24, 2.45) is 5.84 Å². The largest absolute Gasteiger partial charge is 0.320 e. The molecule has 0 spiro atoms. The van der Waals surface area contributed by atoms with Crippen LogP contribution in [0.4, 0.5) is 5.69 Å². The van der Waals surface area contributed by atoms with E-state index in [1.807, 2.05) is 0 Å². The molecule has 11 heavy (non-hydrogen) atoms. The molecule has 0 amide bonds. The van der Waals surface area contributed by atoms with Gasteiger partial charge in [-0.1, -0.05) is 34.8 Å². The summed E-state index contributed by atoms with van der Waals surface area (Å²) in [5.74, 6) is 5.08. The monoisotopic (exact) mass is 212 g/mol. The van der Waals surface area contributed by atoms with Crippen molar-refractivity contribution in [1.29, 1.82) is 0 Å². The number of hydrogen-bond acceptors (Lipinski definition) is 4. The van der Waals surface area contributed by atoms with Crippen LogP contribution in [-0.4, -0.2) is 10.2 Å². The first-order chi connectivity index (χ1) is 5.16. The molecule has 0 aromatic carbocycles. The first kappa shape index (κ1) is 8.80. The van der Waals surface area contributed by atoms with Gasteiger partial charge in [0.05, 0.1) is 0 Å². The third-order valence-electron chi connectivity index (χ3n) is 0.977. The van der Waals surface area contributed by atoms with Gasteiger partial charge in [0, 0.05) is 0 Å². The Kier molecular flexibility index (Phi) is 2.72. The van der Waals surface area contributed by atoms with E-state index in [2.05, 4.69) is 15.6 Å². The molecule has 1 aromatic heterocycles. The van der Waals surface area contributed by atoms with Crippen molar-refractivity contribution < 1.29 is 0 Å². The highest BCUT2D eigenvalue weighted by atomic mass is 35.5. The van der Waals surface area contributed by atoms with Gasteiger partial charge in [-0.2, -0.15) is 0 Å². The van der Waals surface area contributed by atoms with E-state index in [9.17, 15) is 0 Å². The lowest BCUT2D eigenvalue weighted by atomic mass is 10.5. The quantitative estimate of drug-likeness (QED) is 0.551. The normalized spacial score (nSPS) is 9.82. The minimum absolute atomic E-state index is 0.0593. The number of halogens is 3. The molecule has 0 aliphatic rings. The second kappa shape index (κ2) is 3.40. The predicted molar refractivity (Wildman–Crippen MR) is 44.9 cm³/mol. The Labute approximate surface area is 77.6 Å². The summed E-state index contributed by atoms with van der Waals surface area (Å²) in [6, 6.07) is 0. The molecular formula is C4H3Cl3N4. The van der Waals surface area contributed by atoms with Crippen LogP contribution in [0.5, 0.6) is 0 Å². The lowest BCUT2D eigenvalue weighted by Crippen LogP contribution is -2.09. The summed E-state index contributed by atoms with van der Waals surface area (Å²) >= 11 is 16.7. The van der Waals surface area contributed by atoms with E-state index in [4.69, 9.17) is 40.6 Å². The van der Waals surface area contributed by atoms with Crippen molar-refractivity contribution in [3.05, 3.63) is 15.3 Å². The van der Waals surface area contributed by atoms with Crippen molar-refractivity contribution in [2.75, 3.05) is 5.43 Å². The highest BCUT2D eigenvalue weighted by Gasteiger charge is 2.10. The zero-order valence-electron chi connectivity index (χ0n) is 5.11. The molecule has 0 aliphatic heterocycles. The van der Waals surface area contributed by atoms with Crippen molar-refractivity contribution in [2.45, 2.75) is 0 Å². The first-order valence-electron chi connectivity index (χ1n) is 2.50. The Morgan fingerprint density at radius 3 is 2.09 bits per heavy atom. The minimum Gasteiger partial charge on any atom is -0.320 e. The Morgan fingerprint density at radius 1 is 1.09 bits per heavy atom. The smallest absolute Gasteiger partial charge is 0.177 e. The molecule has 0 fully saturated rings. The number of rotatable bonds is 1. The number of nitrogens with one attached hydrogen (secondary N) is 1. The number of aromatic nitrogens is 2. The van der Waals surface area contributed by atoms with Crippen LogP contribution >= 0.6 is 34.8 Å². The van der Waals surface area contributed by atoms with E-state index in [0.29, 0.717) is 0 Å². The van der Waals surface area contributed by atoms with Gasteiger partial charge in [-0.05, 0) is 0 Å². The van der Waals surface area contributed by atoms with Gasteiger partial charge in [0.1, 0.15) is 10.7 Å². The van der Waals surface area contributed by atoms with E-state index in [1.165, 1.54) is 0 Å². The molecule has 4 nitrogen and oxygen atoms in total. The maximum atomic E-state index is 5.64. The lowest BCUT2D eigenvalue weighted by molar-refractivity contribution is 1.03. The highest BCUT2D eigenvalue weighted by Crippen LogP contribution is 2.31. The predicted octanol–water partition coefficient (Wildman–Crippen LogP) is 1.72. The van der Waals surface area contributed by atoms with Gasteiger partial charge >= 0.3 is 0 Å². The molecule has 60 valence electrons. The molecule has 0 atom stereocenters. The highest BCUT2D eigenvalue weighted by molar-refractivity contribution is 6.44. The zero-order chi connectivity index (χ0) is 8.43. The Morgan fingerprint density at radius 2 is 1.64 bits per heavy atom. The van der Waals surface area contributed by atoms with E-state index in [1.54, 1.807) is 0 Å². The molecule has 0 aliphatic carbocycles. The van der Waals surface area contributed by atoms with E-state index in [0.717, 1.165) is 0 Å². The molecule has 0 saturated carbocycles. The summed E-state index contributed by atoms with van der Waals surface area (Å²) in [7, 11) is 0. The maximum Gasteiger partial charge on any atom is 0.177 e. The average molecular weight is 213 g/mol. The van der Waals surface area contributed by atoms with Crippen LogP contribution < -0.4 is 11.3 Å². The second-order valence-electron chi connectivity index (χ2n) is 1.61. The van der Waals surface area contributed by atoms with Gasteiger partial charge in [-0.25, -0.2) is 0 Å². The Balaban J connectivity index is 3.29. The fourth-order valence-corrected chi connectivity index (χ4v) is 1.05. The number of nitrogen functional groups attached to an aromatic ring is 1. The van der Waals surface area contributed by atoms with E-state index >= 15 is 0 Å². The van der Waals surface area contributed by atoms with Crippen molar-refractivity contribution in [3.63, 3.8) is 0 Å². The van der Waals surface area contributed by atoms with Crippen LogP contribution in [0, 0.1) is 0 Å². The molecule has 1 rings (SSSR count). The summed E-state index contributed by atoms with van der Waals surface area (Å²) in [5.41, 5.74) is 2.53. The number of hydrazine groups is 1. The lowest BCUT2D eigenvalue weighted by Gasteiger charge is -2.03. The molecular weight excluding hydrogens is 210 g/mol. The summed E-state index contributed by atoms with van der Waals surface area (Å²) in [5, 5.41) is 7.22. The van der Waals surface area contributed by atoms with Crippen LogP contribution in [0.1, 0.15) is 0 Å². The van der Waals surface area contributed by atoms with Crippen LogP contribution in [0.2, 0.25) is 15.3 Å². The maximum absolute atomic E-state index is 5.64.